The fourth-order valence-corrected chi connectivity index (χ4v) is 1.23. The van der Waals surface area contributed by atoms with Crippen molar-refractivity contribution in [1.82, 2.24) is 10.3 Å². The lowest BCUT2D eigenvalue weighted by molar-refractivity contribution is -0.132. The molecule has 1 aromatic heterocycles. The highest BCUT2D eigenvalue weighted by molar-refractivity contribution is 5.85. The van der Waals surface area contributed by atoms with E-state index in [1.165, 1.54) is 0 Å². The third kappa shape index (κ3) is 3.82. The highest BCUT2D eigenvalue weighted by Crippen LogP contribution is 2.09. The molecular weight excluding hydrogens is 204 g/mol. The van der Waals surface area contributed by atoms with E-state index in [0.29, 0.717) is 12.1 Å². The Kier molecular flexibility index (Phi) is 4.66. The highest BCUT2D eigenvalue weighted by Gasteiger charge is 2.03. The first kappa shape index (κ1) is 12.4. The van der Waals surface area contributed by atoms with Crippen LogP contribution >= 0.6 is 0 Å². The van der Waals surface area contributed by atoms with Crippen LogP contribution in [0.15, 0.2) is 36.2 Å². The zero-order valence-electron chi connectivity index (χ0n) is 9.47. The minimum atomic E-state index is -0.879. The summed E-state index contributed by atoms with van der Waals surface area (Å²) in [6, 6.07) is 4.02. The van der Waals surface area contributed by atoms with Crippen molar-refractivity contribution in [3.63, 3.8) is 0 Å². The molecule has 2 N–H and O–H groups in total. The molecule has 1 rings (SSSR count). The number of aliphatic carboxylic acids is 1. The molecule has 0 bridgehead atoms. The van der Waals surface area contributed by atoms with Gasteiger partial charge in [-0.25, -0.2) is 4.79 Å². The fraction of sp³-hybridized carbons (Fsp3) is 0.333. The van der Waals surface area contributed by atoms with Crippen molar-refractivity contribution in [3.05, 3.63) is 41.7 Å². The maximum Gasteiger partial charge on any atom is 0.330 e. The number of carboxylic acids is 1. The van der Waals surface area contributed by atoms with Gasteiger partial charge in [0.15, 0.2) is 0 Å². The van der Waals surface area contributed by atoms with Crippen molar-refractivity contribution >= 4 is 5.97 Å². The average Bonchev–Trinajstić information content (AvgIpc) is 2.29. The summed E-state index contributed by atoms with van der Waals surface area (Å²) in [6.45, 7) is 4.13. The van der Waals surface area contributed by atoms with Gasteiger partial charge in [-0.05, 0) is 25.5 Å². The first-order chi connectivity index (χ1) is 7.61. The van der Waals surface area contributed by atoms with Crippen LogP contribution in [0.3, 0.4) is 0 Å². The lowest BCUT2D eigenvalue weighted by Crippen LogP contribution is -2.19. The summed E-state index contributed by atoms with van der Waals surface area (Å²) in [5.74, 6) is -0.879. The fourth-order valence-electron chi connectivity index (χ4n) is 1.23. The SMILES string of the molecule is C/C(=C/CNC(C)c1cccnc1)C(=O)O. The van der Waals surface area contributed by atoms with Crippen molar-refractivity contribution in [3.8, 4) is 0 Å². The molecule has 4 heteroatoms. The molecule has 0 spiro atoms. The molecule has 1 heterocycles. The Balaban J connectivity index is 2.45. The monoisotopic (exact) mass is 220 g/mol. The third-order valence-electron chi connectivity index (χ3n) is 2.35. The molecule has 0 saturated heterocycles. The van der Waals surface area contributed by atoms with E-state index in [2.05, 4.69) is 10.3 Å². The molecule has 4 nitrogen and oxygen atoms in total. The molecule has 0 amide bonds. The van der Waals surface area contributed by atoms with Crippen molar-refractivity contribution in [2.75, 3.05) is 6.54 Å². The molecule has 1 atom stereocenters. The first-order valence-electron chi connectivity index (χ1n) is 5.14. The topological polar surface area (TPSA) is 62.2 Å². The Morgan fingerprint density at radius 1 is 1.69 bits per heavy atom. The summed E-state index contributed by atoms with van der Waals surface area (Å²) in [5, 5.41) is 11.9. The van der Waals surface area contributed by atoms with Crippen LogP contribution in [0.1, 0.15) is 25.5 Å². The molecule has 0 aliphatic heterocycles. The van der Waals surface area contributed by atoms with E-state index in [0.717, 1.165) is 5.56 Å². The van der Waals surface area contributed by atoms with Gasteiger partial charge in [0, 0.05) is 30.6 Å². The number of aromatic nitrogens is 1. The predicted molar refractivity (Wildman–Crippen MR) is 62.0 cm³/mol. The molecule has 0 radical (unpaired) electrons. The zero-order valence-corrected chi connectivity index (χ0v) is 9.47. The molecule has 0 aliphatic carbocycles. The minimum Gasteiger partial charge on any atom is -0.478 e. The number of rotatable bonds is 5. The van der Waals surface area contributed by atoms with E-state index in [-0.39, 0.29) is 6.04 Å². The van der Waals surface area contributed by atoms with E-state index >= 15 is 0 Å². The summed E-state index contributed by atoms with van der Waals surface area (Å²) in [5.41, 5.74) is 1.44. The summed E-state index contributed by atoms with van der Waals surface area (Å²) in [7, 11) is 0. The molecule has 1 aromatic rings. The van der Waals surface area contributed by atoms with Gasteiger partial charge in [-0.2, -0.15) is 0 Å². The van der Waals surface area contributed by atoms with Crippen LogP contribution in [0.4, 0.5) is 0 Å². The lowest BCUT2D eigenvalue weighted by Gasteiger charge is -2.11. The lowest BCUT2D eigenvalue weighted by atomic mass is 10.1. The number of pyridine rings is 1. The second kappa shape index (κ2) is 6.02. The van der Waals surface area contributed by atoms with Gasteiger partial charge in [-0.15, -0.1) is 0 Å². The van der Waals surface area contributed by atoms with Crippen LogP contribution in [0.25, 0.3) is 0 Å². The molecule has 1 unspecified atom stereocenters. The smallest absolute Gasteiger partial charge is 0.330 e. The van der Waals surface area contributed by atoms with E-state index in [4.69, 9.17) is 5.11 Å². The van der Waals surface area contributed by atoms with Gasteiger partial charge in [-0.1, -0.05) is 12.1 Å². The summed E-state index contributed by atoms with van der Waals surface area (Å²) in [4.78, 5) is 14.6. The maximum absolute atomic E-state index is 10.5. The summed E-state index contributed by atoms with van der Waals surface area (Å²) < 4.78 is 0. The molecule has 0 saturated carbocycles. The van der Waals surface area contributed by atoms with Crippen LogP contribution in [0.5, 0.6) is 0 Å². The molecular formula is C12H16N2O2. The average molecular weight is 220 g/mol. The number of nitrogens with one attached hydrogen (secondary N) is 1. The zero-order chi connectivity index (χ0) is 12.0. The third-order valence-corrected chi connectivity index (χ3v) is 2.35. The van der Waals surface area contributed by atoms with E-state index in [9.17, 15) is 4.79 Å². The normalized spacial score (nSPS) is 13.5. The Labute approximate surface area is 95.0 Å². The Bertz CT molecular complexity index is 374. The van der Waals surface area contributed by atoms with Gasteiger partial charge in [0.2, 0.25) is 0 Å². The van der Waals surface area contributed by atoms with Crippen LogP contribution in [-0.4, -0.2) is 22.6 Å². The van der Waals surface area contributed by atoms with Gasteiger partial charge < -0.3 is 10.4 Å². The van der Waals surface area contributed by atoms with Crippen LogP contribution in [0, 0.1) is 0 Å². The quantitative estimate of drug-likeness (QED) is 0.742. The molecule has 0 aromatic carbocycles. The van der Waals surface area contributed by atoms with E-state index in [1.54, 1.807) is 25.4 Å². The van der Waals surface area contributed by atoms with E-state index in [1.807, 2.05) is 19.1 Å². The second-order valence-corrected chi connectivity index (χ2v) is 3.61. The number of carbonyl (C=O) groups is 1. The van der Waals surface area contributed by atoms with Crippen LogP contribution < -0.4 is 5.32 Å². The number of hydrogen-bond donors (Lipinski definition) is 2. The van der Waals surface area contributed by atoms with Crippen molar-refractivity contribution in [2.45, 2.75) is 19.9 Å². The Morgan fingerprint density at radius 3 is 3.00 bits per heavy atom. The van der Waals surface area contributed by atoms with Gasteiger partial charge >= 0.3 is 5.97 Å². The molecule has 86 valence electrons. The first-order valence-corrected chi connectivity index (χ1v) is 5.14. The maximum atomic E-state index is 10.5. The summed E-state index contributed by atoms with van der Waals surface area (Å²) in [6.07, 6.45) is 5.19. The van der Waals surface area contributed by atoms with Gasteiger partial charge in [0.05, 0.1) is 0 Å². The Morgan fingerprint density at radius 2 is 2.44 bits per heavy atom. The standard InChI is InChI=1S/C12H16N2O2/c1-9(12(15)16)5-7-14-10(2)11-4-3-6-13-8-11/h3-6,8,10,14H,7H2,1-2H3,(H,15,16)/b9-5-. The van der Waals surface area contributed by atoms with E-state index < -0.39 is 5.97 Å². The van der Waals surface area contributed by atoms with Gasteiger partial charge in [-0.3, -0.25) is 4.98 Å². The summed E-state index contributed by atoms with van der Waals surface area (Å²) >= 11 is 0. The number of nitrogens with zero attached hydrogens (tertiary/aromatic N) is 1. The minimum absolute atomic E-state index is 0.159. The van der Waals surface area contributed by atoms with Crippen molar-refractivity contribution in [2.24, 2.45) is 0 Å². The predicted octanol–water partition coefficient (Wildman–Crippen LogP) is 1.76. The molecule has 0 aliphatic rings. The number of carboxylic acid groups (broad SMARTS) is 1. The molecule has 0 fully saturated rings. The highest BCUT2D eigenvalue weighted by atomic mass is 16.4. The van der Waals surface area contributed by atoms with Crippen molar-refractivity contribution in [1.29, 1.82) is 0 Å². The van der Waals surface area contributed by atoms with Gasteiger partial charge in [0.1, 0.15) is 0 Å². The largest absolute Gasteiger partial charge is 0.478 e. The van der Waals surface area contributed by atoms with Gasteiger partial charge in [0.25, 0.3) is 0 Å². The second-order valence-electron chi connectivity index (χ2n) is 3.61. The van der Waals surface area contributed by atoms with Crippen LogP contribution in [-0.2, 0) is 4.79 Å². The molecule has 16 heavy (non-hydrogen) atoms. The Hall–Kier alpha value is -1.68. The van der Waals surface area contributed by atoms with Crippen LogP contribution in [0.2, 0.25) is 0 Å². The van der Waals surface area contributed by atoms with Crippen molar-refractivity contribution < 1.29 is 9.90 Å². The number of hydrogen-bond acceptors (Lipinski definition) is 3.